The van der Waals surface area contributed by atoms with Crippen molar-refractivity contribution in [1.29, 1.82) is 0 Å². The molecule has 0 saturated carbocycles. The predicted octanol–water partition coefficient (Wildman–Crippen LogP) is 1.38. The number of rotatable bonds is 3. The van der Waals surface area contributed by atoms with Crippen LogP contribution in [0.3, 0.4) is 0 Å². The number of anilines is 1. The lowest BCUT2D eigenvalue weighted by atomic mass is 10.0. The van der Waals surface area contributed by atoms with Crippen LogP contribution in [-0.4, -0.2) is 58.9 Å². The first kappa shape index (κ1) is 19.5. The average molecular weight is 366 g/mol. The van der Waals surface area contributed by atoms with Crippen LogP contribution < -0.4 is 14.8 Å². The highest BCUT2D eigenvalue weighted by Crippen LogP contribution is 2.34. The molecular formula is C17H22N2O7. The van der Waals surface area contributed by atoms with Crippen molar-refractivity contribution in [2.24, 2.45) is 0 Å². The van der Waals surface area contributed by atoms with Crippen LogP contribution in [0.2, 0.25) is 0 Å². The predicted molar refractivity (Wildman–Crippen MR) is 91.4 cm³/mol. The molecule has 142 valence electrons. The molecule has 1 aromatic carbocycles. The lowest BCUT2D eigenvalue weighted by Gasteiger charge is -2.32. The van der Waals surface area contributed by atoms with Crippen molar-refractivity contribution in [3.05, 3.63) is 18.2 Å². The summed E-state index contributed by atoms with van der Waals surface area (Å²) in [5, 5.41) is 17.7. The first-order valence-corrected chi connectivity index (χ1v) is 8.26. The number of nitrogens with one attached hydrogen (secondary N) is 1. The fraction of sp³-hybridized carbons (Fsp3) is 0.471. The number of aliphatic carboxylic acids is 2. The second-order valence-electron chi connectivity index (χ2n) is 6.04. The quantitative estimate of drug-likeness (QED) is 0.685. The van der Waals surface area contributed by atoms with Crippen molar-refractivity contribution in [3.8, 4) is 11.5 Å². The van der Waals surface area contributed by atoms with Crippen LogP contribution in [0.25, 0.3) is 0 Å². The van der Waals surface area contributed by atoms with Gasteiger partial charge in [0.15, 0.2) is 11.5 Å². The minimum absolute atomic E-state index is 0.0256. The van der Waals surface area contributed by atoms with Gasteiger partial charge in [-0.05, 0) is 38.4 Å². The molecule has 1 aromatic rings. The largest absolute Gasteiger partial charge is 0.473 e. The third-order valence-electron chi connectivity index (χ3n) is 4.13. The number of amides is 1. The summed E-state index contributed by atoms with van der Waals surface area (Å²) in [6, 6.07) is 5.96. The van der Waals surface area contributed by atoms with E-state index in [9.17, 15) is 4.79 Å². The van der Waals surface area contributed by atoms with Crippen LogP contribution >= 0.6 is 0 Å². The molecule has 3 N–H and O–H groups in total. The second kappa shape index (κ2) is 9.04. The van der Waals surface area contributed by atoms with Crippen molar-refractivity contribution in [2.75, 3.05) is 25.2 Å². The topological polar surface area (TPSA) is 125 Å². The summed E-state index contributed by atoms with van der Waals surface area (Å²) >= 11 is 0. The van der Waals surface area contributed by atoms with Gasteiger partial charge in [0, 0.05) is 17.8 Å². The highest BCUT2D eigenvalue weighted by molar-refractivity contribution is 6.27. The van der Waals surface area contributed by atoms with E-state index in [0.29, 0.717) is 18.3 Å². The van der Waals surface area contributed by atoms with Crippen molar-refractivity contribution in [2.45, 2.75) is 32.2 Å². The molecule has 9 nitrogen and oxygen atoms in total. The third kappa shape index (κ3) is 5.62. The molecule has 2 aliphatic rings. The Bertz CT molecular complexity index is 665. The maximum atomic E-state index is 12.1. The second-order valence-corrected chi connectivity index (χ2v) is 6.04. The Morgan fingerprint density at radius 1 is 1.15 bits per heavy atom. The lowest BCUT2D eigenvalue weighted by Crippen LogP contribution is -2.42. The van der Waals surface area contributed by atoms with Crippen LogP contribution in [0.5, 0.6) is 11.5 Å². The number of nitrogens with zero attached hydrogens (tertiary/aromatic N) is 1. The first-order valence-electron chi connectivity index (χ1n) is 8.26. The van der Waals surface area contributed by atoms with Gasteiger partial charge in [-0.3, -0.25) is 9.69 Å². The molecule has 2 heterocycles. The highest BCUT2D eigenvalue weighted by atomic mass is 16.7. The van der Waals surface area contributed by atoms with E-state index in [2.05, 4.69) is 17.1 Å². The molecule has 1 saturated heterocycles. The van der Waals surface area contributed by atoms with E-state index < -0.39 is 11.9 Å². The van der Waals surface area contributed by atoms with Gasteiger partial charge in [0.1, 0.15) is 0 Å². The average Bonchev–Trinajstić information content (AvgIpc) is 3.05. The number of carbonyl (C=O) groups excluding carboxylic acids is 1. The van der Waals surface area contributed by atoms with E-state index in [-0.39, 0.29) is 12.7 Å². The number of carboxylic acids is 2. The van der Waals surface area contributed by atoms with Crippen LogP contribution in [0.4, 0.5) is 5.69 Å². The van der Waals surface area contributed by atoms with E-state index in [1.807, 2.05) is 12.1 Å². The number of carbonyl (C=O) groups is 3. The van der Waals surface area contributed by atoms with E-state index in [0.717, 1.165) is 18.0 Å². The summed E-state index contributed by atoms with van der Waals surface area (Å²) in [5.41, 5.74) is 0.754. The number of ether oxygens (including phenoxy) is 2. The maximum Gasteiger partial charge on any atom is 0.414 e. The molecule has 2 aliphatic heterocycles. The lowest BCUT2D eigenvalue weighted by molar-refractivity contribution is -0.159. The van der Waals surface area contributed by atoms with Gasteiger partial charge in [0.25, 0.3) is 0 Å². The van der Waals surface area contributed by atoms with Crippen LogP contribution in [0.1, 0.15) is 26.2 Å². The van der Waals surface area contributed by atoms with Crippen molar-refractivity contribution in [3.63, 3.8) is 0 Å². The van der Waals surface area contributed by atoms with Gasteiger partial charge >= 0.3 is 11.9 Å². The zero-order valence-electron chi connectivity index (χ0n) is 14.4. The van der Waals surface area contributed by atoms with E-state index in [4.69, 9.17) is 29.3 Å². The fourth-order valence-electron chi connectivity index (χ4n) is 2.75. The third-order valence-corrected chi connectivity index (χ3v) is 4.13. The number of fused-ring (bicyclic) bond motifs is 1. The minimum atomic E-state index is -1.82. The molecule has 3 rings (SSSR count). The molecule has 1 unspecified atom stereocenters. The summed E-state index contributed by atoms with van der Waals surface area (Å²) in [5.74, 6) is -2.20. The standard InChI is InChI=1S/C15H20N2O3.C2H2O4/c1-11-4-2-3-7-17(11)9-15(18)16-12-5-6-13-14(8-12)20-10-19-13;3-1(4)2(5)6/h5-6,8,11H,2-4,7,9-10H2,1H3,(H,16,18);(H,3,4)(H,5,6). The summed E-state index contributed by atoms with van der Waals surface area (Å²) in [6.45, 7) is 3.90. The number of piperidine rings is 1. The zero-order valence-corrected chi connectivity index (χ0v) is 14.4. The normalized spacial score (nSPS) is 18.4. The van der Waals surface area contributed by atoms with Crippen molar-refractivity contribution in [1.82, 2.24) is 4.90 Å². The summed E-state index contributed by atoms with van der Waals surface area (Å²) in [6.07, 6.45) is 3.63. The molecule has 0 aromatic heterocycles. The monoisotopic (exact) mass is 366 g/mol. The molecule has 1 fully saturated rings. The molecule has 1 atom stereocenters. The maximum absolute atomic E-state index is 12.1. The number of carboxylic acid groups (broad SMARTS) is 2. The molecule has 0 aliphatic carbocycles. The number of hydrogen-bond acceptors (Lipinski definition) is 6. The highest BCUT2D eigenvalue weighted by Gasteiger charge is 2.21. The van der Waals surface area contributed by atoms with Gasteiger partial charge in [0.05, 0.1) is 6.54 Å². The Morgan fingerprint density at radius 2 is 1.85 bits per heavy atom. The molecule has 0 radical (unpaired) electrons. The smallest absolute Gasteiger partial charge is 0.414 e. The SMILES string of the molecule is CC1CCCCN1CC(=O)Nc1ccc2c(c1)OCO2.O=C(O)C(=O)O. The van der Waals surface area contributed by atoms with E-state index in [1.165, 1.54) is 19.3 Å². The molecule has 0 spiro atoms. The van der Waals surface area contributed by atoms with Gasteiger partial charge in [-0.2, -0.15) is 0 Å². The Balaban J connectivity index is 0.000000352. The Kier molecular flexibility index (Phi) is 6.79. The Hall–Kier alpha value is -2.81. The molecule has 1 amide bonds. The molecule has 9 heteroatoms. The number of benzene rings is 1. The summed E-state index contributed by atoms with van der Waals surface area (Å²) < 4.78 is 10.6. The van der Waals surface area contributed by atoms with Gasteiger partial charge in [-0.1, -0.05) is 6.42 Å². The van der Waals surface area contributed by atoms with E-state index in [1.54, 1.807) is 6.07 Å². The van der Waals surface area contributed by atoms with Crippen molar-refractivity contribution < 1.29 is 34.1 Å². The Morgan fingerprint density at radius 3 is 2.50 bits per heavy atom. The van der Waals surface area contributed by atoms with Gasteiger partial charge < -0.3 is 25.0 Å². The van der Waals surface area contributed by atoms with Crippen LogP contribution in [0.15, 0.2) is 18.2 Å². The summed E-state index contributed by atoms with van der Waals surface area (Å²) in [4.78, 5) is 32.5. The number of hydrogen-bond donors (Lipinski definition) is 3. The van der Waals surface area contributed by atoms with Crippen molar-refractivity contribution >= 4 is 23.5 Å². The molecular weight excluding hydrogens is 344 g/mol. The zero-order chi connectivity index (χ0) is 19.1. The molecule has 0 bridgehead atoms. The minimum Gasteiger partial charge on any atom is -0.473 e. The number of likely N-dealkylation sites (tertiary alicyclic amines) is 1. The fourth-order valence-corrected chi connectivity index (χ4v) is 2.75. The van der Waals surface area contributed by atoms with Crippen LogP contribution in [-0.2, 0) is 14.4 Å². The van der Waals surface area contributed by atoms with Gasteiger partial charge in [-0.25, -0.2) is 9.59 Å². The first-order chi connectivity index (χ1) is 12.4. The summed E-state index contributed by atoms with van der Waals surface area (Å²) in [7, 11) is 0. The molecule has 26 heavy (non-hydrogen) atoms. The van der Waals surface area contributed by atoms with Crippen LogP contribution in [0, 0.1) is 0 Å². The Labute approximate surface area is 150 Å². The van der Waals surface area contributed by atoms with E-state index >= 15 is 0 Å². The van der Waals surface area contributed by atoms with Gasteiger partial charge in [-0.15, -0.1) is 0 Å². The van der Waals surface area contributed by atoms with Gasteiger partial charge in [0.2, 0.25) is 12.7 Å².